The molecule has 1 aromatic heterocycles. The number of thiazole rings is 1. The number of nitrogens with one attached hydrogen (secondary N) is 1. The van der Waals surface area contributed by atoms with E-state index in [-0.39, 0.29) is 0 Å². The van der Waals surface area contributed by atoms with Crippen LogP contribution in [0.5, 0.6) is 0 Å². The predicted molar refractivity (Wildman–Crippen MR) is 66.9 cm³/mol. The van der Waals surface area contributed by atoms with E-state index in [0.29, 0.717) is 0 Å². The smallest absolute Gasteiger partial charge is 0.187 e. The summed E-state index contributed by atoms with van der Waals surface area (Å²) in [4.78, 5) is 14.5. The second-order valence-corrected chi connectivity index (χ2v) is 3.92. The summed E-state index contributed by atoms with van der Waals surface area (Å²) in [6.45, 7) is 0. The van der Waals surface area contributed by atoms with Crippen molar-refractivity contribution in [3.05, 3.63) is 47.5 Å². The number of allylic oxidation sites excluding steroid dienone is 1. The van der Waals surface area contributed by atoms with Gasteiger partial charge in [-0.1, -0.05) is 18.2 Å². The van der Waals surface area contributed by atoms with E-state index >= 15 is 0 Å². The van der Waals surface area contributed by atoms with Crippen LogP contribution in [0.3, 0.4) is 0 Å². The number of nitrogens with zero attached hydrogens (tertiary/aromatic N) is 1. The van der Waals surface area contributed by atoms with Crippen LogP contribution in [-0.4, -0.2) is 11.3 Å². The number of rotatable bonds is 4. The molecule has 3 nitrogen and oxygen atoms in total. The summed E-state index contributed by atoms with van der Waals surface area (Å²) in [5, 5.41) is 5.90. The second-order valence-electron chi connectivity index (χ2n) is 3.06. The topological polar surface area (TPSA) is 42.0 Å². The minimum Gasteiger partial charge on any atom is -0.332 e. The SMILES string of the molecule is O=C/C=C/c1csc(Nc2ccccc2)n1. The van der Waals surface area contributed by atoms with Crippen LogP contribution in [0.1, 0.15) is 5.69 Å². The molecule has 1 N–H and O–H groups in total. The third kappa shape index (κ3) is 2.77. The molecular weight excluding hydrogens is 220 g/mol. The number of para-hydroxylation sites is 1. The highest BCUT2D eigenvalue weighted by molar-refractivity contribution is 7.13. The van der Waals surface area contributed by atoms with Crippen molar-refractivity contribution in [1.29, 1.82) is 0 Å². The van der Waals surface area contributed by atoms with Crippen LogP contribution < -0.4 is 5.32 Å². The Morgan fingerprint density at radius 1 is 1.25 bits per heavy atom. The van der Waals surface area contributed by atoms with E-state index in [1.54, 1.807) is 6.08 Å². The Morgan fingerprint density at radius 3 is 2.81 bits per heavy atom. The number of benzene rings is 1. The summed E-state index contributed by atoms with van der Waals surface area (Å²) >= 11 is 1.51. The molecule has 0 aliphatic rings. The Morgan fingerprint density at radius 2 is 2.06 bits per heavy atom. The van der Waals surface area contributed by atoms with Gasteiger partial charge in [0.15, 0.2) is 5.13 Å². The van der Waals surface area contributed by atoms with Gasteiger partial charge in [-0.15, -0.1) is 11.3 Å². The van der Waals surface area contributed by atoms with Gasteiger partial charge in [0.25, 0.3) is 0 Å². The fraction of sp³-hybridized carbons (Fsp3) is 0. The van der Waals surface area contributed by atoms with E-state index in [0.717, 1.165) is 22.8 Å². The van der Waals surface area contributed by atoms with E-state index in [2.05, 4.69) is 10.3 Å². The Labute approximate surface area is 97.5 Å². The van der Waals surface area contributed by atoms with Gasteiger partial charge in [0.1, 0.15) is 6.29 Å². The maximum Gasteiger partial charge on any atom is 0.187 e. The highest BCUT2D eigenvalue weighted by atomic mass is 32.1. The lowest BCUT2D eigenvalue weighted by molar-refractivity contribution is -0.104. The summed E-state index contributed by atoms with van der Waals surface area (Å²) in [6, 6.07) is 9.84. The lowest BCUT2D eigenvalue weighted by Gasteiger charge is -2.00. The molecule has 0 bridgehead atoms. The van der Waals surface area contributed by atoms with Crippen molar-refractivity contribution >= 4 is 34.5 Å². The molecule has 2 aromatic rings. The number of carbonyl (C=O) groups excluding carboxylic acids is 1. The average molecular weight is 230 g/mol. The van der Waals surface area contributed by atoms with Crippen LogP contribution in [0, 0.1) is 0 Å². The van der Waals surface area contributed by atoms with Gasteiger partial charge in [-0.25, -0.2) is 4.98 Å². The van der Waals surface area contributed by atoms with Crippen molar-refractivity contribution in [1.82, 2.24) is 4.98 Å². The lowest BCUT2D eigenvalue weighted by Crippen LogP contribution is -1.88. The highest BCUT2D eigenvalue weighted by Crippen LogP contribution is 2.20. The fourth-order valence-electron chi connectivity index (χ4n) is 1.20. The fourth-order valence-corrected chi connectivity index (χ4v) is 1.90. The summed E-state index contributed by atoms with van der Waals surface area (Å²) in [7, 11) is 0. The van der Waals surface area contributed by atoms with Crippen LogP contribution in [-0.2, 0) is 4.79 Å². The Kier molecular flexibility index (Phi) is 3.46. The number of hydrogen-bond donors (Lipinski definition) is 1. The van der Waals surface area contributed by atoms with Crippen molar-refractivity contribution < 1.29 is 4.79 Å². The van der Waals surface area contributed by atoms with Crippen molar-refractivity contribution in [2.24, 2.45) is 0 Å². The quantitative estimate of drug-likeness (QED) is 0.648. The Bertz CT molecular complexity index is 491. The van der Waals surface area contributed by atoms with E-state index in [4.69, 9.17) is 0 Å². The van der Waals surface area contributed by atoms with E-state index in [1.807, 2.05) is 35.7 Å². The first-order chi connectivity index (χ1) is 7.88. The highest BCUT2D eigenvalue weighted by Gasteiger charge is 1.98. The van der Waals surface area contributed by atoms with Gasteiger partial charge in [-0.2, -0.15) is 0 Å². The number of aldehydes is 1. The van der Waals surface area contributed by atoms with Gasteiger partial charge in [0, 0.05) is 11.1 Å². The minimum atomic E-state index is 0.740. The van der Waals surface area contributed by atoms with Gasteiger partial charge in [-0.05, 0) is 24.3 Å². The predicted octanol–water partition coefficient (Wildman–Crippen LogP) is 3.10. The molecule has 0 saturated heterocycles. The maximum atomic E-state index is 10.1. The van der Waals surface area contributed by atoms with Gasteiger partial charge in [0.05, 0.1) is 5.69 Å². The first kappa shape index (κ1) is 10.6. The molecule has 0 fully saturated rings. The Balaban J connectivity index is 2.08. The van der Waals surface area contributed by atoms with Crippen LogP contribution in [0.4, 0.5) is 10.8 Å². The normalized spacial score (nSPS) is 10.5. The third-order valence-corrected chi connectivity index (χ3v) is 2.67. The van der Waals surface area contributed by atoms with Gasteiger partial charge in [0.2, 0.25) is 0 Å². The molecule has 16 heavy (non-hydrogen) atoms. The third-order valence-electron chi connectivity index (χ3n) is 1.89. The maximum absolute atomic E-state index is 10.1. The van der Waals surface area contributed by atoms with Crippen LogP contribution >= 0.6 is 11.3 Å². The molecule has 0 unspecified atom stereocenters. The molecule has 1 heterocycles. The number of aromatic nitrogens is 1. The van der Waals surface area contributed by atoms with Gasteiger partial charge < -0.3 is 5.32 Å². The summed E-state index contributed by atoms with van der Waals surface area (Å²) in [6.07, 6.45) is 3.85. The number of anilines is 2. The standard InChI is InChI=1S/C12H10N2OS/c15-8-4-7-11-9-16-12(14-11)13-10-5-2-1-3-6-10/h1-9H,(H,13,14)/b7-4+. The van der Waals surface area contributed by atoms with Crippen molar-refractivity contribution in [3.63, 3.8) is 0 Å². The monoisotopic (exact) mass is 230 g/mol. The van der Waals surface area contributed by atoms with Crippen LogP contribution in [0.15, 0.2) is 41.8 Å². The summed E-state index contributed by atoms with van der Waals surface area (Å²) < 4.78 is 0. The zero-order chi connectivity index (χ0) is 11.2. The molecule has 0 aliphatic heterocycles. The molecule has 1 aromatic carbocycles. The van der Waals surface area contributed by atoms with Crippen molar-refractivity contribution in [2.45, 2.75) is 0 Å². The van der Waals surface area contributed by atoms with Gasteiger partial charge in [-0.3, -0.25) is 4.79 Å². The first-order valence-corrected chi connectivity index (χ1v) is 5.66. The first-order valence-electron chi connectivity index (χ1n) is 4.78. The minimum absolute atomic E-state index is 0.740. The lowest BCUT2D eigenvalue weighted by atomic mass is 10.3. The molecule has 0 atom stereocenters. The summed E-state index contributed by atoms with van der Waals surface area (Å²) in [5.74, 6) is 0. The molecule has 0 amide bonds. The van der Waals surface area contributed by atoms with Crippen LogP contribution in [0.25, 0.3) is 6.08 Å². The zero-order valence-corrected chi connectivity index (χ0v) is 9.28. The average Bonchev–Trinajstić information content (AvgIpc) is 2.75. The molecule has 0 spiro atoms. The van der Waals surface area contributed by atoms with E-state index in [9.17, 15) is 4.79 Å². The molecule has 80 valence electrons. The van der Waals surface area contributed by atoms with Gasteiger partial charge >= 0.3 is 0 Å². The summed E-state index contributed by atoms with van der Waals surface area (Å²) in [5.41, 5.74) is 1.79. The van der Waals surface area contributed by atoms with E-state index in [1.165, 1.54) is 17.4 Å². The Hall–Kier alpha value is -1.94. The van der Waals surface area contributed by atoms with Crippen LogP contribution in [0.2, 0.25) is 0 Å². The molecule has 0 saturated carbocycles. The number of carbonyl (C=O) groups is 1. The second kappa shape index (κ2) is 5.23. The molecule has 4 heteroatoms. The van der Waals surface area contributed by atoms with Crippen molar-refractivity contribution in [2.75, 3.05) is 5.32 Å². The molecular formula is C12H10N2OS. The zero-order valence-electron chi connectivity index (χ0n) is 8.46. The molecule has 2 rings (SSSR count). The molecule has 0 aliphatic carbocycles. The van der Waals surface area contributed by atoms with Crippen molar-refractivity contribution in [3.8, 4) is 0 Å². The van der Waals surface area contributed by atoms with E-state index < -0.39 is 0 Å². The number of hydrogen-bond acceptors (Lipinski definition) is 4. The molecule has 0 radical (unpaired) electrons. The largest absolute Gasteiger partial charge is 0.332 e.